The van der Waals surface area contributed by atoms with Crippen LogP contribution in [0.2, 0.25) is 0 Å². The molecule has 3 aromatic rings. The van der Waals surface area contributed by atoms with Crippen molar-refractivity contribution in [2.75, 3.05) is 19.0 Å². The maximum Gasteiger partial charge on any atom is 0.341 e. The van der Waals surface area contributed by atoms with Crippen LogP contribution in [0, 0.1) is 11.7 Å². The van der Waals surface area contributed by atoms with E-state index in [2.05, 4.69) is 10.3 Å². The fourth-order valence-corrected chi connectivity index (χ4v) is 3.41. The Labute approximate surface area is 177 Å². The number of aliphatic hydroxyl groups excluding tert-OH is 1. The Kier molecular flexibility index (Phi) is 6.55. The predicted molar refractivity (Wildman–Crippen MR) is 114 cm³/mol. The molecule has 0 saturated heterocycles. The van der Waals surface area contributed by atoms with E-state index in [4.69, 9.17) is 4.74 Å². The molecule has 2 heterocycles. The molecule has 3 N–H and O–H groups in total. The summed E-state index contributed by atoms with van der Waals surface area (Å²) in [6.45, 7) is 3.71. The number of aromatic carboxylic acids is 1. The van der Waals surface area contributed by atoms with Crippen LogP contribution in [-0.2, 0) is 6.54 Å². The van der Waals surface area contributed by atoms with Crippen molar-refractivity contribution in [2.45, 2.75) is 26.4 Å². The van der Waals surface area contributed by atoms with Gasteiger partial charge in [-0.15, -0.1) is 0 Å². The van der Waals surface area contributed by atoms with Gasteiger partial charge in [0.1, 0.15) is 17.0 Å². The summed E-state index contributed by atoms with van der Waals surface area (Å²) in [7, 11) is 1.42. The Balaban J connectivity index is 2.18. The molecule has 8 nitrogen and oxygen atoms in total. The zero-order valence-electron chi connectivity index (χ0n) is 17.4. The van der Waals surface area contributed by atoms with Gasteiger partial charge in [0.2, 0.25) is 11.3 Å². The topological polar surface area (TPSA) is 114 Å². The van der Waals surface area contributed by atoms with Crippen molar-refractivity contribution in [1.29, 1.82) is 0 Å². The van der Waals surface area contributed by atoms with Crippen LogP contribution < -0.4 is 15.5 Å². The number of rotatable bonds is 8. The van der Waals surface area contributed by atoms with Gasteiger partial charge < -0.3 is 24.8 Å². The van der Waals surface area contributed by atoms with Gasteiger partial charge in [0.05, 0.1) is 30.8 Å². The molecule has 0 bridgehead atoms. The average molecular weight is 429 g/mol. The van der Waals surface area contributed by atoms with Crippen molar-refractivity contribution in [1.82, 2.24) is 9.55 Å². The van der Waals surface area contributed by atoms with E-state index in [1.165, 1.54) is 36.1 Å². The maximum atomic E-state index is 13.5. The molecule has 0 aliphatic rings. The summed E-state index contributed by atoms with van der Waals surface area (Å²) >= 11 is 0. The maximum absolute atomic E-state index is 13.5. The molecule has 1 aromatic carbocycles. The molecule has 0 aliphatic carbocycles. The summed E-state index contributed by atoms with van der Waals surface area (Å²) in [6, 6.07) is 7.01. The van der Waals surface area contributed by atoms with E-state index in [1.807, 2.05) is 13.8 Å². The Hall–Kier alpha value is -3.46. The highest BCUT2D eigenvalue weighted by Gasteiger charge is 2.23. The number of carbonyl (C=O) groups is 1. The third-order valence-corrected chi connectivity index (χ3v) is 5.08. The number of ether oxygens (including phenoxy) is 1. The first-order valence-corrected chi connectivity index (χ1v) is 9.73. The van der Waals surface area contributed by atoms with Crippen LogP contribution in [0.15, 0.2) is 41.3 Å². The van der Waals surface area contributed by atoms with Crippen LogP contribution in [0.25, 0.3) is 11.0 Å². The molecule has 9 heteroatoms. The average Bonchev–Trinajstić information content (AvgIpc) is 2.73. The normalized spacial score (nSPS) is 12.2. The molecular formula is C22H24FN3O5. The second kappa shape index (κ2) is 9.13. The number of aromatic nitrogens is 2. The standard InChI is InChI=1S/C22H24FN3O5/c1-12(2)18(11-27)26-10-16(22(29)30)19(28)15-8-17(21(31-3)25-20(15)26)24-9-13-5-4-6-14(23)7-13/h4-8,10,12,18,24,27H,9,11H2,1-3H3,(H,29,30). The first kappa shape index (κ1) is 22.2. The third-order valence-electron chi connectivity index (χ3n) is 5.08. The van der Waals surface area contributed by atoms with Crippen molar-refractivity contribution in [3.63, 3.8) is 0 Å². The van der Waals surface area contributed by atoms with Crippen LogP contribution in [-0.4, -0.2) is 39.5 Å². The van der Waals surface area contributed by atoms with Crippen molar-refractivity contribution >= 4 is 22.7 Å². The molecule has 0 spiro atoms. The third kappa shape index (κ3) is 4.51. The van der Waals surface area contributed by atoms with E-state index < -0.39 is 23.0 Å². The van der Waals surface area contributed by atoms with Crippen molar-refractivity contribution in [2.24, 2.45) is 5.92 Å². The Bertz CT molecular complexity index is 1180. The fourth-order valence-electron chi connectivity index (χ4n) is 3.41. The number of nitrogens with zero attached hydrogens (tertiary/aromatic N) is 2. The van der Waals surface area contributed by atoms with Gasteiger partial charge in [-0.1, -0.05) is 26.0 Å². The predicted octanol–water partition coefficient (Wildman–Crippen LogP) is 3.04. The Morgan fingerprint density at radius 1 is 1.32 bits per heavy atom. The van der Waals surface area contributed by atoms with Crippen molar-refractivity contribution < 1.29 is 24.1 Å². The molecule has 164 valence electrons. The number of aliphatic hydroxyl groups is 1. The summed E-state index contributed by atoms with van der Waals surface area (Å²) in [4.78, 5) is 29.0. The molecule has 0 radical (unpaired) electrons. The zero-order chi connectivity index (χ0) is 22.7. The molecule has 3 rings (SSSR count). The highest BCUT2D eigenvalue weighted by molar-refractivity contribution is 5.93. The second-order valence-corrected chi connectivity index (χ2v) is 7.48. The number of fused-ring (bicyclic) bond motifs is 1. The van der Waals surface area contributed by atoms with Crippen LogP contribution in [0.5, 0.6) is 5.88 Å². The minimum atomic E-state index is -1.37. The second-order valence-electron chi connectivity index (χ2n) is 7.48. The number of carboxylic acids is 1. The highest BCUT2D eigenvalue weighted by Crippen LogP contribution is 2.29. The molecule has 1 unspecified atom stereocenters. The summed E-state index contributed by atoms with van der Waals surface area (Å²) in [5.74, 6) is -1.62. The summed E-state index contributed by atoms with van der Waals surface area (Å²) in [5, 5.41) is 22.5. The molecule has 0 saturated carbocycles. The van der Waals surface area contributed by atoms with Crippen molar-refractivity contribution in [3.8, 4) is 5.88 Å². The molecular weight excluding hydrogens is 405 g/mol. The number of anilines is 1. The number of hydrogen-bond acceptors (Lipinski definition) is 6. The number of nitrogens with one attached hydrogen (secondary N) is 1. The monoisotopic (exact) mass is 429 g/mol. The molecule has 2 aromatic heterocycles. The largest absolute Gasteiger partial charge is 0.479 e. The first-order chi connectivity index (χ1) is 14.8. The summed E-state index contributed by atoms with van der Waals surface area (Å²) in [6.07, 6.45) is 1.21. The lowest BCUT2D eigenvalue weighted by Crippen LogP contribution is -2.26. The van der Waals surface area contributed by atoms with Gasteiger partial charge in [-0.2, -0.15) is 4.98 Å². The summed E-state index contributed by atoms with van der Waals surface area (Å²) < 4.78 is 20.3. The minimum Gasteiger partial charge on any atom is -0.479 e. The van der Waals surface area contributed by atoms with E-state index in [-0.39, 0.29) is 41.8 Å². The molecule has 1 atom stereocenters. The Morgan fingerprint density at radius 3 is 2.65 bits per heavy atom. The van der Waals surface area contributed by atoms with E-state index in [9.17, 15) is 24.2 Å². The van der Waals surface area contributed by atoms with Crippen LogP contribution in [0.4, 0.5) is 10.1 Å². The minimum absolute atomic E-state index is 0.0593. The van der Waals surface area contributed by atoms with Gasteiger partial charge in [0.15, 0.2) is 0 Å². The van der Waals surface area contributed by atoms with Gasteiger partial charge >= 0.3 is 5.97 Å². The number of halogens is 1. The van der Waals surface area contributed by atoms with Gasteiger partial charge in [0, 0.05) is 12.7 Å². The van der Waals surface area contributed by atoms with E-state index >= 15 is 0 Å². The Morgan fingerprint density at radius 2 is 2.06 bits per heavy atom. The lowest BCUT2D eigenvalue weighted by molar-refractivity contribution is 0.0694. The lowest BCUT2D eigenvalue weighted by atomic mass is 10.0. The highest BCUT2D eigenvalue weighted by atomic mass is 19.1. The zero-order valence-corrected chi connectivity index (χ0v) is 17.4. The summed E-state index contributed by atoms with van der Waals surface area (Å²) in [5.41, 5.74) is 0.114. The number of carboxylic acid groups (broad SMARTS) is 1. The van der Waals surface area contributed by atoms with Gasteiger partial charge in [-0.05, 0) is 29.7 Å². The van der Waals surface area contributed by atoms with E-state index in [0.717, 1.165) is 0 Å². The van der Waals surface area contributed by atoms with Crippen LogP contribution in [0.1, 0.15) is 35.8 Å². The number of pyridine rings is 2. The molecule has 0 amide bonds. The van der Waals surface area contributed by atoms with E-state index in [1.54, 1.807) is 12.1 Å². The molecule has 0 aliphatic heterocycles. The molecule has 0 fully saturated rings. The van der Waals surface area contributed by atoms with Gasteiger partial charge in [-0.3, -0.25) is 4.79 Å². The number of methoxy groups -OCH3 is 1. The smallest absolute Gasteiger partial charge is 0.341 e. The number of hydrogen-bond donors (Lipinski definition) is 3. The SMILES string of the molecule is COc1nc2c(cc1NCc1cccc(F)c1)c(=O)c(C(=O)O)cn2C(CO)C(C)C. The fraction of sp³-hybridized carbons (Fsp3) is 0.318. The van der Waals surface area contributed by atoms with Crippen LogP contribution >= 0.6 is 0 Å². The van der Waals surface area contributed by atoms with Crippen molar-refractivity contribution in [3.05, 3.63) is 63.7 Å². The lowest BCUT2D eigenvalue weighted by Gasteiger charge is -2.24. The molecule has 31 heavy (non-hydrogen) atoms. The van der Waals surface area contributed by atoms with E-state index in [0.29, 0.717) is 11.3 Å². The van der Waals surface area contributed by atoms with Crippen LogP contribution in [0.3, 0.4) is 0 Å². The van der Waals surface area contributed by atoms with Gasteiger partial charge in [0.25, 0.3) is 0 Å². The number of benzene rings is 1. The quantitative estimate of drug-likeness (QED) is 0.504. The van der Waals surface area contributed by atoms with Gasteiger partial charge in [-0.25, -0.2) is 9.18 Å². The first-order valence-electron chi connectivity index (χ1n) is 9.73.